The lowest BCUT2D eigenvalue weighted by Crippen LogP contribution is -2.22. The van der Waals surface area contributed by atoms with Crippen LogP contribution in [0.5, 0.6) is 0 Å². The number of hydrogen-bond acceptors (Lipinski definition) is 6. The van der Waals surface area contributed by atoms with Gasteiger partial charge in [0.05, 0.1) is 27.7 Å². The van der Waals surface area contributed by atoms with Crippen molar-refractivity contribution in [1.82, 2.24) is 15.1 Å². The van der Waals surface area contributed by atoms with Crippen molar-refractivity contribution in [2.45, 2.75) is 31.0 Å². The molecular weight excluding hydrogens is 312 g/mol. The molecule has 0 aliphatic rings. The van der Waals surface area contributed by atoms with Crippen LogP contribution in [0.1, 0.15) is 18.3 Å². The monoisotopic (exact) mass is 328 g/mol. The van der Waals surface area contributed by atoms with Crippen LogP contribution in [0, 0.1) is 13.8 Å². The lowest BCUT2D eigenvalue weighted by atomic mass is 10.3. The van der Waals surface area contributed by atoms with Gasteiger partial charge in [-0.05, 0) is 32.9 Å². The molecule has 0 aliphatic heterocycles. The molecule has 0 radical (unpaired) electrons. The van der Waals surface area contributed by atoms with Crippen molar-refractivity contribution in [3.05, 3.63) is 41.7 Å². The van der Waals surface area contributed by atoms with Crippen molar-refractivity contribution < 1.29 is 9.32 Å². The summed E-state index contributed by atoms with van der Waals surface area (Å²) in [4.78, 5) is 21.4. The fraction of sp³-hybridized carbons (Fsp3) is 0.250. The number of hydrogen-bond donors (Lipinski definition) is 1. The van der Waals surface area contributed by atoms with Crippen LogP contribution in [0.3, 0.4) is 0 Å². The third-order valence-corrected chi connectivity index (χ3v) is 4.41. The van der Waals surface area contributed by atoms with Gasteiger partial charge in [0.15, 0.2) is 0 Å². The smallest absolute Gasteiger partial charge is 0.240 e. The highest BCUT2D eigenvalue weighted by Crippen LogP contribution is 2.26. The minimum Gasteiger partial charge on any atom is -0.338 e. The van der Waals surface area contributed by atoms with Crippen molar-refractivity contribution in [2.75, 3.05) is 5.32 Å². The number of rotatable bonds is 4. The molecule has 3 rings (SSSR count). The van der Waals surface area contributed by atoms with Crippen LogP contribution in [0.25, 0.3) is 11.0 Å². The molecule has 1 N–H and O–H groups in total. The Balaban J connectivity index is 1.75. The first-order valence-corrected chi connectivity index (χ1v) is 8.05. The number of thioether (sulfide) groups is 1. The summed E-state index contributed by atoms with van der Waals surface area (Å²) in [5.74, 6) is 0.182. The maximum atomic E-state index is 12.2. The van der Waals surface area contributed by atoms with E-state index in [1.165, 1.54) is 11.8 Å². The number of anilines is 1. The minimum absolute atomic E-state index is 0.166. The Bertz CT molecular complexity index is 862. The average Bonchev–Trinajstić information content (AvgIpc) is 2.93. The zero-order valence-electron chi connectivity index (χ0n) is 13.0. The van der Waals surface area contributed by atoms with E-state index in [2.05, 4.69) is 20.4 Å². The van der Waals surface area contributed by atoms with Gasteiger partial charge in [0.1, 0.15) is 5.03 Å². The summed E-state index contributed by atoms with van der Waals surface area (Å²) >= 11 is 1.37. The van der Waals surface area contributed by atoms with E-state index in [1.807, 2.05) is 38.1 Å². The van der Waals surface area contributed by atoms with E-state index >= 15 is 0 Å². The molecule has 1 atom stereocenters. The highest BCUT2D eigenvalue weighted by atomic mass is 32.2. The van der Waals surface area contributed by atoms with Crippen molar-refractivity contribution in [3.8, 4) is 0 Å². The first-order valence-electron chi connectivity index (χ1n) is 7.17. The maximum Gasteiger partial charge on any atom is 0.240 e. The van der Waals surface area contributed by atoms with Crippen LogP contribution < -0.4 is 5.32 Å². The average molecular weight is 328 g/mol. The second-order valence-corrected chi connectivity index (χ2v) is 6.51. The van der Waals surface area contributed by atoms with E-state index in [9.17, 15) is 4.79 Å². The minimum atomic E-state index is -0.338. The standard InChI is InChI=1S/C16H16N4O2S/c1-9-8-14(22-20-9)19-15(21)11(3)23-16-10(2)17-12-6-4-5-7-13(12)18-16/h4-8,11H,1-3H3,(H,19,21)/t11-/m1/s1. The Morgan fingerprint density at radius 3 is 2.57 bits per heavy atom. The molecule has 2 aromatic heterocycles. The van der Waals surface area contributed by atoms with Gasteiger partial charge >= 0.3 is 0 Å². The number of carbonyl (C=O) groups is 1. The fourth-order valence-electron chi connectivity index (χ4n) is 2.05. The number of amides is 1. The van der Waals surface area contributed by atoms with Gasteiger partial charge in [-0.15, -0.1) is 0 Å². The molecule has 118 valence electrons. The molecule has 6 nitrogen and oxygen atoms in total. The van der Waals surface area contributed by atoms with E-state index in [-0.39, 0.29) is 11.2 Å². The SMILES string of the molecule is Cc1cc(NC(=O)[C@@H](C)Sc2nc3ccccc3nc2C)on1. The molecule has 0 unspecified atom stereocenters. The molecule has 1 amide bonds. The van der Waals surface area contributed by atoms with Gasteiger partial charge in [-0.1, -0.05) is 29.1 Å². The lowest BCUT2D eigenvalue weighted by molar-refractivity contribution is -0.115. The van der Waals surface area contributed by atoms with Crippen LogP contribution in [0.2, 0.25) is 0 Å². The van der Waals surface area contributed by atoms with Gasteiger partial charge in [0, 0.05) is 6.07 Å². The summed E-state index contributed by atoms with van der Waals surface area (Å²) in [6, 6.07) is 9.36. The second-order valence-electron chi connectivity index (χ2n) is 5.18. The molecule has 23 heavy (non-hydrogen) atoms. The predicted octanol–water partition coefficient (Wildman–Crippen LogP) is 3.35. The largest absolute Gasteiger partial charge is 0.338 e. The van der Waals surface area contributed by atoms with E-state index in [4.69, 9.17) is 4.52 Å². The molecular formula is C16H16N4O2S. The number of fused-ring (bicyclic) bond motifs is 1. The van der Waals surface area contributed by atoms with Crippen LogP contribution in [-0.2, 0) is 4.79 Å². The van der Waals surface area contributed by atoms with Gasteiger partial charge in [-0.25, -0.2) is 9.97 Å². The number of nitrogens with one attached hydrogen (secondary N) is 1. The van der Waals surface area contributed by atoms with Gasteiger partial charge in [-0.2, -0.15) is 0 Å². The van der Waals surface area contributed by atoms with Gasteiger partial charge in [-0.3, -0.25) is 10.1 Å². The lowest BCUT2D eigenvalue weighted by Gasteiger charge is -2.11. The van der Waals surface area contributed by atoms with Gasteiger partial charge in [0.25, 0.3) is 0 Å². The fourth-order valence-corrected chi connectivity index (χ4v) is 2.92. The van der Waals surface area contributed by atoms with E-state index in [0.29, 0.717) is 5.88 Å². The summed E-state index contributed by atoms with van der Waals surface area (Å²) in [7, 11) is 0. The zero-order valence-corrected chi connectivity index (χ0v) is 13.8. The third-order valence-electron chi connectivity index (χ3n) is 3.23. The molecule has 0 saturated carbocycles. The molecule has 0 fully saturated rings. The Morgan fingerprint density at radius 2 is 1.91 bits per heavy atom. The Hall–Kier alpha value is -2.41. The van der Waals surface area contributed by atoms with Crippen molar-refractivity contribution >= 4 is 34.6 Å². The molecule has 0 saturated heterocycles. The van der Waals surface area contributed by atoms with E-state index in [1.54, 1.807) is 13.0 Å². The number of carbonyl (C=O) groups excluding carboxylic acids is 1. The topological polar surface area (TPSA) is 80.9 Å². The second kappa shape index (κ2) is 6.37. The van der Waals surface area contributed by atoms with Crippen LogP contribution >= 0.6 is 11.8 Å². The van der Waals surface area contributed by atoms with Gasteiger partial charge < -0.3 is 4.52 Å². The molecule has 0 aliphatic carbocycles. The van der Waals surface area contributed by atoms with Crippen molar-refractivity contribution in [2.24, 2.45) is 0 Å². The molecule has 0 spiro atoms. The summed E-state index contributed by atoms with van der Waals surface area (Å²) in [6.45, 7) is 5.51. The molecule has 7 heteroatoms. The quantitative estimate of drug-likeness (QED) is 0.740. The molecule has 2 heterocycles. The van der Waals surface area contributed by atoms with Crippen LogP contribution in [0.4, 0.5) is 5.88 Å². The third kappa shape index (κ3) is 3.50. The number of para-hydroxylation sites is 2. The van der Waals surface area contributed by atoms with Gasteiger partial charge in [0.2, 0.25) is 11.8 Å². The Labute approximate surface area is 137 Å². The van der Waals surface area contributed by atoms with E-state index in [0.717, 1.165) is 27.4 Å². The van der Waals surface area contributed by atoms with E-state index < -0.39 is 0 Å². The first-order chi connectivity index (χ1) is 11.0. The summed E-state index contributed by atoms with van der Waals surface area (Å²) < 4.78 is 5.00. The predicted molar refractivity (Wildman–Crippen MR) is 89.5 cm³/mol. The Morgan fingerprint density at radius 1 is 1.22 bits per heavy atom. The summed E-state index contributed by atoms with van der Waals surface area (Å²) in [6.07, 6.45) is 0. The molecule has 0 bridgehead atoms. The normalized spacial score (nSPS) is 12.3. The highest BCUT2D eigenvalue weighted by molar-refractivity contribution is 8.00. The first kappa shape index (κ1) is 15.5. The summed E-state index contributed by atoms with van der Waals surface area (Å²) in [5, 5.41) is 6.86. The number of nitrogens with zero attached hydrogens (tertiary/aromatic N) is 3. The number of benzene rings is 1. The molecule has 3 aromatic rings. The summed E-state index contributed by atoms with van der Waals surface area (Å²) in [5.41, 5.74) is 3.20. The van der Waals surface area contributed by atoms with Crippen molar-refractivity contribution in [1.29, 1.82) is 0 Å². The van der Waals surface area contributed by atoms with Crippen LogP contribution in [-0.4, -0.2) is 26.3 Å². The van der Waals surface area contributed by atoms with Crippen LogP contribution in [0.15, 0.2) is 39.9 Å². The van der Waals surface area contributed by atoms with Crippen molar-refractivity contribution in [3.63, 3.8) is 0 Å². The zero-order chi connectivity index (χ0) is 16.4. The Kier molecular flexibility index (Phi) is 4.29. The maximum absolute atomic E-state index is 12.2. The number of aromatic nitrogens is 3. The molecule has 1 aromatic carbocycles. The highest BCUT2D eigenvalue weighted by Gasteiger charge is 2.18. The number of aryl methyl sites for hydroxylation is 2.